The second-order valence-electron chi connectivity index (χ2n) is 10.9. The summed E-state index contributed by atoms with van der Waals surface area (Å²) in [5.41, 5.74) is 5.32. The third kappa shape index (κ3) is 5.92. The maximum atomic E-state index is 4.99. The van der Waals surface area contributed by atoms with Crippen molar-refractivity contribution in [3.63, 3.8) is 0 Å². The Morgan fingerprint density at radius 1 is 0.912 bits per heavy atom. The number of nitrogens with one attached hydrogen (secondary N) is 1. The second kappa shape index (κ2) is 11.8. The van der Waals surface area contributed by atoms with E-state index in [2.05, 4.69) is 51.3 Å². The van der Waals surface area contributed by atoms with Crippen molar-refractivity contribution in [2.24, 2.45) is 0 Å². The number of aryl methyl sites for hydroxylation is 1. The van der Waals surface area contributed by atoms with Gasteiger partial charge < -0.3 is 15.1 Å². The van der Waals surface area contributed by atoms with Crippen molar-refractivity contribution in [1.82, 2.24) is 19.7 Å². The number of pyridine rings is 1. The number of hydrogen-bond acceptors (Lipinski definition) is 5. The van der Waals surface area contributed by atoms with Gasteiger partial charge in [-0.2, -0.15) is 0 Å². The number of benzene rings is 1. The molecule has 0 radical (unpaired) electrons. The summed E-state index contributed by atoms with van der Waals surface area (Å²) in [6.07, 6.45) is 13.3. The minimum absolute atomic E-state index is 0.848. The van der Waals surface area contributed by atoms with E-state index in [0.717, 1.165) is 31.1 Å². The molecule has 5 nitrogen and oxygen atoms in total. The lowest BCUT2D eigenvalue weighted by Crippen LogP contribution is -2.48. The van der Waals surface area contributed by atoms with Crippen molar-refractivity contribution >= 4 is 16.6 Å². The van der Waals surface area contributed by atoms with Crippen molar-refractivity contribution in [2.75, 3.05) is 64.7 Å². The third-order valence-electron chi connectivity index (χ3n) is 8.55. The molecule has 1 saturated carbocycles. The molecule has 1 aromatic heterocycles. The van der Waals surface area contributed by atoms with Gasteiger partial charge in [0.05, 0.1) is 5.52 Å². The predicted molar refractivity (Wildman–Crippen MR) is 144 cm³/mol. The Labute approximate surface area is 206 Å². The van der Waals surface area contributed by atoms with Crippen LogP contribution in [-0.2, 0) is 12.8 Å². The molecule has 3 aliphatic rings. The van der Waals surface area contributed by atoms with Crippen LogP contribution in [0.2, 0.25) is 0 Å². The van der Waals surface area contributed by atoms with Crippen molar-refractivity contribution in [1.29, 1.82) is 0 Å². The first-order valence-corrected chi connectivity index (χ1v) is 14.1. The monoisotopic (exact) mass is 463 g/mol. The molecule has 5 heteroatoms. The van der Waals surface area contributed by atoms with Gasteiger partial charge in [0, 0.05) is 62.1 Å². The van der Waals surface area contributed by atoms with Gasteiger partial charge in [-0.15, -0.1) is 0 Å². The highest BCUT2D eigenvalue weighted by atomic mass is 15.3. The predicted octanol–water partition coefficient (Wildman–Crippen LogP) is 4.80. The molecular weight excluding hydrogens is 418 g/mol. The van der Waals surface area contributed by atoms with Crippen LogP contribution in [0.5, 0.6) is 0 Å². The summed E-state index contributed by atoms with van der Waals surface area (Å²) in [5.74, 6) is 0. The Balaban J connectivity index is 1.05. The van der Waals surface area contributed by atoms with Gasteiger partial charge in [0.2, 0.25) is 0 Å². The minimum atomic E-state index is 0.848. The van der Waals surface area contributed by atoms with Gasteiger partial charge in [-0.1, -0.05) is 37.5 Å². The zero-order valence-electron chi connectivity index (χ0n) is 21.4. The fourth-order valence-corrected chi connectivity index (χ4v) is 6.40. The number of aromatic nitrogens is 1. The highest BCUT2D eigenvalue weighted by Crippen LogP contribution is 2.33. The first kappa shape index (κ1) is 24.0. The molecule has 0 bridgehead atoms. The quantitative estimate of drug-likeness (QED) is 0.578. The molecule has 1 aliphatic heterocycles. The maximum absolute atomic E-state index is 4.99. The lowest BCUT2D eigenvalue weighted by atomic mass is 9.92. The molecule has 2 aromatic rings. The Morgan fingerprint density at radius 3 is 2.47 bits per heavy atom. The maximum Gasteiger partial charge on any atom is 0.0726 e. The average Bonchev–Trinajstić information content (AvgIpc) is 2.89. The molecule has 0 atom stereocenters. The largest absolute Gasteiger partial charge is 0.383 e. The first-order chi connectivity index (χ1) is 16.8. The lowest BCUT2D eigenvalue weighted by molar-refractivity contribution is 0.125. The molecule has 0 amide bonds. The Morgan fingerprint density at radius 2 is 1.65 bits per heavy atom. The van der Waals surface area contributed by atoms with E-state index in [1.807, 2.05) is 0 Å². The molecule has 0 spiro atoms. The van der Waals surface area contributed by atoms with E-state index in [0.29, 0.717) is 0 Å². The van der Waals surface area contributed by atoms with Crippen molar-refractivity contribution in [2.45, 2.75) is 70.3 Å². The van der Waals surface area contributed by atoms with E-state index in [1.165, 1.54) is 119 Å². The van der Waals surface area contributed by atoms with Gasteiger partial charge >= 0.3 is 0 Å². The van der Waals surface area contributed by atoms with Crippen LogP contribution in [-0.4, -0.2) is 85.1 Å². The minimum Gasteiger partial charge on any atom is -0.383 e. The second-order valence-corrected chi connectivity index (χ2v) is 10.9. The number of anilines is 1. The summed E-state index contributed by atoms with van der Waals surface area (Å²) in [6.45, 7) is 9.53. The Bertz CT molecular complexity index is 914. The van der Waals surface area contributed by atoms with E-state index >= 15 is 0 Å². The van der Waals surface area contributed by atoms with Crippen molar-refractivity contribution < 1.29 is 0 Å². The topological polar surface area (TPSA) is 34.6 Å². The van der Waals surface area contributed by atoms with Crippen LogP contribution in [0.25, 0.3) is 10.9 Å². The van der Waals surface area contributed by atoms with Crippen LogP contribution in [0, 0.1) is 0 Å². The smallest absolute Gasteiger partial charge is 0.0726 e. The Hall–Kier alpha value is -1.69. The molecule has 2 fully saturated rings. The Kier molecular flexibility index (Phi) is 8.36. The zero-order chi connectivity index (χ0) is 23.2. The van der Waals surface area contributed by atoms with Crippen LogP contribution in [0.3, 0.4) is 0 Å². The van der Waals surface area contributed by atoms with E-state index < -0.39 is 0 Å². The summed E-state index contributed by atoms with van der Waals surface area (Å²) >= 11 is 0. The van der Waals surface area contributed by atoms with Gasteiger partial charge in [0.25, 0.3) is 0 Å². The van der Waals surface area contributed by atoms with E-state index in [-0.39, 0.29) is 0 Å². The molecule has 2 heterocycles. The fraction of sp³-hybridized carbons (Fsp3) is 0.690. The molecule has 1 N–H and O–H groups in total. The number of rotatable bonds is 9. The number of piperazine rings is 1. The summed E-state index contributed by atoms with van der Waals surface area (Å²) in [4.78, 5) is 13.0. The van der Waals surface area contributed by atoms with Gasteiger partial charge in [-0.3, -0.25) is 9.88 Å². The molecule has 5 rings (SSSR count). The van der Waals surface area contributed by atoms with E-state index in [4.69, 9.17) is 4.98 Å². The number of para-hydroxylation sites is 1. The third-order valence-corrected chi connectivity index (χ3v) is 8.55. The van der Waals surface area contributed by atoms with Crippen molar-refractivity contribution in [3.05, 3.63) is 35.5 Å². The molecule has 1 aromatic carbocycles. The lowest BCUT2D eigenvalue weighted by Gasteiger charge is -2.36. The van der Waals surface area contributed by atoms with Crippen LogP contribution >= 0.6 is 0 Å². The van der Waals surface area contributed by atoms with Gasteiger partial charge in [0.1, 0.15) is 0 Å². The average molecular weight is 464 g/mol. The van der Waals surface area contributed by atoms with Crippen LogP contribution in [0.1, 0.15) is 62.6 Å². The molecule has 186 valence electrons. The fourth-order valence-electron chi connectivity index (χ4n) is 6.40. The number of hydrogen-bond donors (Lipinski definition) is 1. The summed E-state index contributed by atoms with van der Waals surface area (Å²) in [6, 6.07) is 9.52. The highest BCUT2D eigenvalue weighted by molar-refractivity contribution is 5.93. The van der Waals surface area contributed by atoms with Crippen LogP contribution < -0.4 is 5.32 Å². The summed E-state index contributed by atoms with van der Waals surface area (Å²) in [5, 5.41) is 5.15. The molecule has 0 unspecified atom stereocenters. The van der Waals surface area contributed by atoms with Crippen LogP contribution in [0.4, 0.5) is 5.69 Å². The van der Waals surface area contributed by atoms with E-state index in [1.54, 1.807) is 0 Å². The van der Waals surface area contributed by atoms with Crippen LogP contribution in [0.15, 0.2) is 24.3 Å². The first-order valence-electron chi connectivity index (χ1n) is 14.1. The molecule has 34 heavy (non-hydrogen) atoms. The SMILES string of the molecule is CN(CCCN1CCN(CCNc2c3c(nc4ccccc24)CCCC3)CC1)C1CCCCC1. The summed E-state index contributed by atoms with van der Waals surface area (Å²) in [7, 11) is 2.35. The highest BCUT2D eigenvalue weighted by Gasteiger charge is 2.21. The standard InChI is InChI=1S/C29H45N5/c1-32(24-10-3-2-4-11-24)17-9-18-33-20-22-34(23-21-33)19-16-30-29-25-12-5-7-14-27(25)31-28-15-8-6-13-26(28)29/h5,7,12,14,24H,2-4,6,8-11,13,15-23H2,1H3,(H,30,31). The zero-order valence-corrected chi connectivity index (χ0v) is 21.4. The van der Waals surface area contributed by atoms with Crippen molar-refractivity contribution in [3.8, 4) is 0 Å². The molecule has 2 aliphatic carbocycles. The normalized spacial score (nSPS) is 20.6. The van der Waals surface area contributed by atoms with Gasteiger partial charge in [-0.05, 0) is 76.7 Å². The van der Waals surface area contributed by atoms with Gasteiger partial charge in [0.15, 0.2) is 0 Å². The number of fused-ring (bicyclic) bond motifs is 2. The summed E-state index contributed by atoms with van der Waals surface area (Å²) < 4.78 is 0. The van der Waals surface area contributed by atoms with Gasteiger partial charge in [-0.25, -0.2) is 0 Å². The number of nitrogens with zero attached hydrogens (tertiary/aromatic N) is 4. The molecular formula is C29H45N5. The van der Waals surface area contributed by atoms with E-state index in [9.17, 15) is 0 Å². The molecule has 1 saturated heterocycles.